The lowest BCUT2D eigenvalue weighted by Gasteiger charge is -2.15. The fourth-order valence-corrected chi connectivity index (χ4v) is 5.28. The third-order valence-corrected chi connectivity index (χ3v) is 7.33. The summed E-state index contributed by atoms with van der Waals surface area (Å²) in [6.07, 6.45) is 1.84. The molecule has 1 heterocycles. The van der Waals surface area contributed by atoms with Crippen molar-refractivity contribution in [3.05, 3.63) is 90.3 Å². The molecule has 0 spiro atoms. The van der Waals surface area contributed by atoms with Gasteiger partial charge >= 0.3 is 0 Å². The van der Waals surface area contributed by atoms with Gasteiger partial charge in [-0.1, -0.05) is 47.5 Å². The minimum atomic E-state index is -0.193. The van der Waals surface area contributed by atoms with Gasteiger partial charge in [-0.15, -0.1) is 0 Å². The molecular formula is C27H24ClIN2O3S. The van der Waals surface area contributed by atoms with E-state index in [-0.39, 0.29) is 5.91 Å². The number of aliphatic imine (C=N–C) groups is 1. The monoisotopic (exact) mass is 618 g/mol. The molecular weight excluding hydrogens is 595 g/mol. The lowest BCUT2D eigenvalue weighted by Crippen LogP contribution is -2.19. The van der Waals surface area contributed by atoms with Gasteiger partial charge in [-0.3, -0.25) is 4.79 Å². The first kappa shape index (κ1) is 25.6. The average Bonchev–Trinajstić information content (AvgIpc) is 3.15. The molecule has 0 unspecified atom stereocenters. The Bertz CT molecular complexity index is 1340. The summed E-state index contributed by atoms with van der Waals surface area (Å²) in [7, 11) is 0. The van der Waals surface area contributed by atoms with E-state index in [1.54, 1.807) is 0 Å². The molecule has 3 aromatic rings. The van der Waals surface area contributed by atoms with Crippen molar-refractivity contribution in [2.75, 3.05) is 6.61 Å². The topological polar surface area (TPSA) is 59.9 Å². The van der Waals surface area contributed by atoms with E-state index in [2.05, 4.69) is 52.0 Å². The van der Waals surface area contributed by atoms with Gasteiger partial charge in [0.1, 0.15) is 6.61 Å². The summed E-state index contributed by atoms with van der Waals surface area (Å²) in [6.45, 7) is 6.84. The van der Waals surface area contributed by atoms with Crippen molar-refractivity contribution in [3.63, 3.8) is 0 Å². The van der Waals surface area contributed by atoms with Crippen LogP contribution in [0.4, 0.5) is 5.69 Å². The molecule has 1 amide bonds. The molecule has 3 aromatic carbocycles. The Labute approximate surface area is 228 Å². The first-order chi connectivity index (χ1) is 16.8. The maximum absolute atomic E-state index is 12.6. The Morgan fingerprint density at radius 3 is 2.69 bits per heavy atom. The highest BCUT2D eigenvalue weighted by Gasteiger charge is 2.24. The minimum Gasteiger partial charge on any atom is -0.490 e. The normalized spacial score (nSPS) is 15.5. The third-order valence-electron chi connectivity index (χ3n) is 5.21. The standard InChI is InChI=1S/C27H24ClIN2O3S/c1-4-33-23-13-19(12-21(29)25(23)34-15-18-8-5-7-16(2)11-18)14-24-26(32)31-27(35-24)30-22-10-6-9-20(28)17(22)3/h5-14H,4,15H2,1-3H3,(H,30,31,32)/b24-14+. The van der Waals surface area contributed by atoms with Crippen LogP contribution in [0.25, 0.3) is 6.08 Å². The van der Waals surface area contributed by atoms with Gasteiger partial charge in [0.15, 0.2) is 16.7 Å². The smallest absolute Gasteiger partial charge is 0.264 e. The molecule has 1 fully saturated rings. The predicted molar refractivity (Wildman–Crippen MR) is 153 cm³/mol. The number of benzene rings is 3. The highest BCUT2D eigenvalue weighted by molar-refractivity contribution is 14.1. The van der Waals surface area contributed by atoms with E-state index in [9.17, 15) is 4.79 Å². The molecule has 4 rings (SSSR count). The molecule has 1 saturated heterocycles. The Morgan fingerprint density at radius 1 is 1.11 bits per heavy atom. The summed E-state index contributed by atoms with van der Waals surface area (Å²) < 4.78 is 12.9. The second-order valence-corrected chi connectivity index (χ2v) is 10.5. The van der Waals surface area contributed by atoms with Crippen LogP contribution in [0.2, 0.25) is 5.02 Å². The van der Waals surface area contributed by atoms with Crippen LogP contribution in [-0.2, 0) is 11.4 Å². The molecule has 0 radical (unpaired) electrons. The van der Waals surface area contributed by atoms with Gasteiger partial charge in [-0.2, -0.15) is 0 Å². The molecule has 0 atom stereocenters. The Morgan fingerprint density at radius 2 is 1.91 bits per heavy atom. The number of hydrogen-bond donors (Lipinski definition) is 1. The second-order valence-electron chi connectivity index (χ2n) is 7.91. The van der Waals surface area contributed by atoms with Crippen molar-refractivity contribution >= 4 is 68.8 Å². The number of hydrogen-bond acceptors (Lipinski definition) is 5. The molecule has 8 heteroatoms. The van der Waals surface area contributed by atoms with Gasteiger partial charge in [0.2, 0.25) is 0 Å². The quantitative estimate of drug-likeness (QED) is 0.221. The van der Waals surface area contributed by atoms with Crippen molar-refractivity contribution in [2.45, 2.75) is 27.4 Å². The minimum absolute atomic E-state index is 0.193. The summed E-state index contributed by atoms with van der Waals surface area (Å²) in [5.41, 5.74) is 4.72. The molecule has 0 saturated carbocycles. The van der Waals surface area contributed by atoms with Crippen LogP contribution in [0.15, 0.2) is 64.5 Å². The molecule has 1 aliphatic rings. The third kappa shape index (κ3) is 6.39. The molecule has 35 heavy (non-hydrogen) atoms. The molecule has 1 aliphatic heterocycles. The number of carbonyl (C=O) groups excluding carboxylic acids is 1. The number of ether oxygens (including phenoxy) is 2. The number of carbonyl (C=O) groups is 1. The number of nitrogens with zero attached hydrogens (tertiary/aromatic N) is 1. The molecule has 0 aromatic heterocycles. The van der Waals surface area contributed by atoms with Crippen molar-refractivity contribution in [2.24, 2.45) is 4.99 Å². The van der Waals surface area contributed by atoms with Gasteiger partial charge in [0.05, 0.1) is 20.8 Å². The zero-order valence-electron chi connectivity index (χ0n) is 19.5. The number of nitrogens with one attached hydrogen (secondary N) is 1. The fourth-order valence-electron chi connectivity index (χ4n) is 3.49. The number of aryl methyl sites for hydroxylation is 1. The van der Waals surface area contributed by atoms with Crippen LogP contribution in [-0.4, -0.2) is 17.7 Å². The van der Waals surface area contributed by atoms with Gasteiger partial charge in [0.25, 0.3) is 5.91 Å². The van der Waals surface area contributed by atoms with Crippen LogP contribution >= 0.6 is 46.0 Å². The summed E-state index contributed by atoms with van der Waals surface area (Å²) >= 11 is 9.73. The number of amidine groups is 1. The maximum atomic E-state index is 12.6. The van der Waals surface area contributed by atoms with E-state index in [0.717, 1.165) is 25.9 Å². The van der Waals surface area contributed by atoms with Crippen LogP contribution in [0.1, 0.15) is 29.2 Å². The van der Waals surface area contributed by atoms with Crippen molar-refractivity contribution in [3.8, 4) is 11.5 Å². The van der Waals surface area contributed by atoms with Gasteiger partial charge in [-0.05, 0) is 102 Å². The van der Waals surface area contributed by atoms with Crippen LogP contribution in [0, 0.1) is 17.4 Å². The Balaban J connectivity index is 1.57. The predicted octanol–water partition coefficient (Wildman–Crippen LogP) is 7.43. The van der Waals surface area contributed by atoms with Crippen molar-refractivity contribution < 1.29 is 14.3 Å². The Kier molecular flexibility index (Phi) is 8.41. The molecule has 5 nitrogen and oxygen atoms in total. The first-order valence-electron chi connectivity index (χ1n) is 11.0. The number of amides is 1. The summed E-state index contributed by atoms with van der Waals surface area (Å²) in [5.74, 6) is 1.14. The molecule has 1 N–H and O–H groups in total. The summed E-state index contributed by atoms with van der Waals surface area (Å²) in [6, 6.07) is 17.6. The van der Waals surface area contributed by atoms with E-state index in [1.165, 1.54) is 17.3 Å². The number of halogens is 2. The van der Waals surface area contributed by atoms with Gasteiger partial charge in [0, 0.05) is 5.02 Å². The summed E-state index contributed by atoms with van der Waals surface area (Å²) in [5, 5.41) is 3.99. The lowest BCUT2D eigenvalue weighted by atomic mass is 10.1. The lowest BCUT2D eigenvalue weighted by molar-refractivity contribution is -0.115. The molecule has 0 aliphatic carbocycles. The van der Waals surface area contributed by atoms with Crippen molar-refractivity contribution in [1.82, 2.24) is 5.32 Å². The number of rotatable bonds is 7. The van der Waals surface area contributed by atoms with E-state index in [1.807, 2.05) is 62.4 Å². The zero-order valence-corrected chi connectivity index (χ0v) is 23.3. The zero-order chi connectivity index (χ0) is 24.9. The van der Waals surface area contributed by atoms with Crippen LogP contribution in [0.5, 0.6) is 11.5 Å². The highest BCUT2D eigenvalue weighted by Crippen LogP contribution is 2.37. The number of thioether (sulfide) groups is 1. The van der Waals surface area contributed by atoms with E-state index in [4.69, 9.17) is 21.1 Å². The largest absolute Gasteiger partial charge is 0.490 e. The van der Waals surface area contributed by atoms with E-state index < -0.39 is 0 Å². The average molecular weight is 619 g/mol. The van der Waals surface area contributed by atoms with Gasteiger partial charge in [-0.25, -0.2) is 4.99 Å². The Hall–Kier alpha value is -2.49. The maximum Gasteiger partial charge on any atom is 0.264 e. The second kappa shape index (κ2) is 11.5. The van der Waals surface area contributed by atoms with Gasteiger partial charge < -0.3 is 14.8 Å². The van der Waals surface area contributed by atoms with E-state index in [0.29, 0.717) is 39.8 Å². The first-order valence-corrected chi connectivity index (χ1v) is 13.3. The summed E-state index contributed by atoms with van der Waals surface area (Å²) in [4.78, 5) is 17.7. The van der Waals surface area contributed by atoms with Crippen molar-refractivity contribution in [1.29, 1.82) is 0 Å². The molecule has 0 bridgehead atoms. The van der Waals surface area contributed by atoms with E-state index >= 15 is 0 Å². The SMILES string of the molecule is CCOc1cc(/C=C2/SC(=Nc3cccc(Cl)c3C)NC2=O)cc(I)c1OCc1cccc(C)c1. The molecule has 180 valence electrons. The van der Waals surface area contributed by atoms with Crippen LogP contribution in [0.3, 0.4) is 0 Å². The highest BCUT2D eigenvalue weighted by atomic mass is 127. The fraction of sp³-hybridized carbons (Fsp3) is 0.185. The van der Waals surface area contributed by atoms with Crippen LogP contribution < -0.4 is 14.8 Å².